The van der Waals surface area contributed by atoms with Gasteiger partial charge < -0.3 is 10.2 Å². The SMILES string of the molecule is O=C(Nc1ccc(F)cc1)c1ccccc1N1CCCC1=O. The van der Waals surface area contributed by atoms with Crippen LogP contribution < -0.4 is 10.2 Å². The molecular weight excluding hydrogens is 283 g/mol. The van der Waals surface area contributed by atoms with Gasteiger partial charge in [0.2, 0.25) is 5.91 Å². The predicted molar refractivity (Wildman–Crippen MR) is 82.4 cm³/mol. The number of nitrogens with zero attached hydrogens (tertiary/aromatic N) is 1. The Morgan fingerprint density at radius 3 is 2.50 bits per heavy atom. The summed E-state index contributed by atoms with van der Waals surface area (Å²) in [5.74, 6) is -0.648. The highest BCUT2D eigenvalue weighted by atomic mass is 19.1. The van der Waals surface area contributed by atoms with Crippen LogP contribution in [0.4, 0.5) is 15.8 Å². The quantitative estimate of drug-likeness (QED) is 0.946. The maximum Gasteiger partial charge on any atom is 0.257 e. The van der Waals surface area contributed by atoms with E-state index in [-0.39, 0.29) is 17.6 Å². The molecule has 2 aromatic rings. The Balaban J connectivity index is 1.86. The highest BCUT2D eigenvalue weighted by molar-refractivity contribution is 6.11. The van der Waals surface area contributed by atoms with Crippen molar-refractivity contribution in [2.75, 3.05) is 16.8 Å². The zero-order valence-electron chi connectivity index (χ0n) is 11.9. The highest BCUT2D eigenvalue weighted by Gasteiger charge is 2.25. The van der Waals surface area contributed by atoms with Crippen LogP contribution in [0.15, 0.2) is 48.5 Å². The molecule has 0 unspecified atom stereocenters. The maximum absolute atomic E-state index is 12.9. The lowest BCUT2D eigenvalue weighted by Gasteiger charge is -2.19. The number of para-hydroxylation sites is 1. The Kier molecular flexibility index (Phi) is 3.87. The van der Waals surface area contributed by atoms with E-state index in [4.69, 9.17) is 0 Å². The zero-order valence-corrected chi connectivity index (χ0v) is 11.9. The number of anilines is 2. The molecule has 4 nitrogen and oxygen atoms in total. The van der Waals surface area contributed by atoms with Gasteiger partial charge >= 0.3 is 0 Å². The van der Waals surface area contributed by atoms with Crippen molar-refractivity contribution in [2.24, 2.45) is 0 Å². The molecular formula is C17H15FN2O2. The molecule has 2 aromatic carbocycles. The summed E-state index contributed by atoms with van der Waals surface area (Å²) in [5.41, 5.74) is 1.56. The largest absolute Gasteiger partial charge is 0.322 e. The van der Waals surface area contributed by atoms with Crippen molar-refractivity contribution in [1.82, 2.24) is 0 Å². The molecule has 112 valence electrons. The van der Waals surface area contributed by atoms with Gasteiger partial charge in [-0.25, -0.2) is 4.39 Å². The van der Waals surface area contributed by atoms with E-state index in [1.165, 1.54) is 24.3 Å². The molecule has 0 aliphatic carbocycles. The second-order valence-electron chi connectivity index (χ2n) is 5.13. The first-order chi connectivity index (χ1) is 10.6. The van der Waals surface area contributed by atoms with E-state index in [0.29, 0.717) is 29.9 Å². The topological polar surface area (TPSA) is 49.4 Å². The summed E-state index contributed by atoms with van der Waals surface area (Å²) in [6.45, 7) is 0.625. The van der Waals surface area contributed by atoms with Gasteiger partial charge in [-0.15, -0.1) is 0 Å². The van der Waals surface area contributed by atoms with E-state index >= 15 is 0 Å². The Morgan fingerprint density at radius 2 is 1.82 bits per heavy atom. The van der Waals surface area contributed by atoms with Crippen molar-refractivity contribution in [3.8, 4) is 0 Å². The van der Waals surface area contributed by atoms with Gasteiger partial charge in [0.1, 0.15) is 5.82 Å². The number of amides is 2. The molecule has 0 aromatic heterocycles. The third-order valence-corrected chi connectivity index (χ3v) is 3.61. The first kappa shape index (κ1) is 14.3. The molecule has 2 amide bonds. The van der Waals surface area contributed by atoms with E-state index in [9.17, 15) is 14.0 Å². The molecule has 1 heterocycles. The lowest BCUT2D eigenvalue weighted by Crippen LogP contribution is -2.27. The van der Waals surface area contributed by atoms with E-state index in [1.54, 1.807) is 29.2 Å². The second kappa shape index (κ2) is 5.97. The van der Waals surface area contributed by atoms with Crippen LogP contribution in [-0.4, -0.2) is 18.4 Å². The number of hydrogen-bond acceptors (Lipinski definition) is 2. The van der Waals surface area contributed by atoms with Crippen molar-refractivity contribution >= 4 is 23.2 Å². The lowest BCUT2D eigenvalue weighted by molar-refractivity contribution is -0.117. The lowest BCUT2D eigenvalue weighted by atomic mass is 10.1. The summed E-state index contributed by atoms with van der Waals surface area (Å²) in [4.78, 5) is 26.0. The molecule has 5 heteroatoms. The van der Waals surface area contributed by atoms with Crippen LogP contribution in [0, 0.1) is 5.82 Å². The Morgan fingerprint density at radius 1 is 1.09 bits per heavy atom. The standard InChI is InChI=1S/C17H15FN2O2/c18-12-7-9-13(10-8-12)19-17(22)14-4-1-2-5-15(14)20-11-3-6-16(20)21/h1-2,4-5,7-10H,3,6,11H2,(H,19,22). The van der Waals surface area contributed by atoms with Crippen LogP contribution >= 0.6 is 0 Å². The fraction of sp³-hybridized carbons (Fsp3) is 0.176. The predicted octanol–water partition coefficient (Wildman–Crippen LogP) is 3.20. The summed E-state index contributed by atoms with van der Waals surface area (Å²) in [5, 5.41) is 2.72. The van der Waals surface area contributed by atoms with Crippen LogP contribution in [-0.2, 0) is 4.79 Å². The summed E-state index contributed by atoms with van der Waals surface area (Å²) >= 11 is 0. The average molecular weight is 298 g/mol. The molecule has 3 rings (SSSR count). The number of nitrogens with one attached hydrogen (secondary N) is 1. The van der Waals surface area contributed by atoms with E-state index in [2.05, 4.69) is 5.32 Å². The molecule has 0 radical (unpaired) electrons. The summed E-state index contributed by atoms with van der Waals surface area (Å²) in [6, 6.07) is 12.6. The van der Waals surface area contributed by atoms with Gasteiger partial charge in [0.05, 0.1) is 11.3 Å². The molecule has 1 saturated heterocycles. The fourth-order valence-corrected chi connectivity index (χ4v) is 2.54. The van der Waals surface area contributed by atoms with Gasteiger partial charge in [-0.05, 0) is 42.8 Å². The molecule has 1 N–H and O–H groups in total. The molecule has 22 heavy (non-hydrogen) atoms. The van der Waals surface area contributed by atoms with Crippen molar-refractivity contribution in [3.63, 3.8) is 0 Å². The molecule has 0 saturated carbocycles. The van der Waals surface area contributed by atoms with Crippen LogP contribution in [0.2, 0.25) is 0 Å². The zero-order chi connectivity index (χ0) is 15.5. The van der Waals surface area contributed by atoms with E-state index < -0.39 is 0 Å². The Labute approximate surface area is 127 Å². The van der Waals surface area contributed by atoms with Crippen molar-refractivity contribution in [2.45, 2.75) is 12.8 Å². The number of halogens is 1. The normalized spacial score (nSPS) is 14.2. The van der Waals surface area contributed by atoms with E-state index in [0.717, 1.165) is 6.42 Å². The first-order valence-electron chi connectivity index (χ1n) is 7.11. The van der Waals surface area contributed by atoms with Gasteiger partial charge in [0.15, 0.2) is 0 Å². The molecule has 0 spiro atoms. The van der Waals surface area contributed by atoms with Crippen LogP contribution in [0.3, 0.4) is 0 Å². The molecule has 1 fully saturated rings. The number of rotatable bonds is 3. The van der Waals surface area contributed by atoms with Gasteiger partial charge in [-0.1, -0.05) is 12.1 Å². The minimum Gasteiger partial charge on any atom is -0.322 e. The van der Waals surface area contributed by atoms with Gasteiger partial charge in [-0.2, -0.15) is 0 Å². The summed E-state index contributed by atoms with van der Waals surface area (Å²) in [6.07, 6.45) is 1.31. The van der Waals surface area contributed by atoms with Crippen LogP contribution in [0.5, 0.6) is 0 Å². The first-order valence-corrected chi connectivity index (χ1v) is 7.11. The summed E-state index contributed by atoms with van der Waals surface area (Å²) < 4.78 is 12.9. The third kappa shape index (κ3) is 2.83. The van der Waals surface area contributed by atoms with Crippen LogP contribution in [0.25, 0.3) is 0 Å². The number of benzene rings is 2. The molecule has 1 aliphatic rings. The smallest absolute Gasteiger partial charge is 0.257 e. The third-order valence-electron chi connectivity index (χ3n) is 3.61. The number of carbonyl (C=O) groups is 2. The minimum atomic E-state index is -0.360. The minimum absolute atomic E-state index is 0.0297. The summed E-state index contributed by atoms with van der Waals surface area (Å²) in [7, 11) is 0. The van der Waals surface area contributed by atoms with Crippen LogP contribution in [0.1, 0.15) is 23.2 Å². The Hall–Kier alpha value is -2.69. The maximum atomic E-state index is 12.9. The number of hydrogen-bond donors (Lipinski definition) is 1. The number of carbonyl (C=O) groups excluding carboxylic acids is 2. The van der Waals surface area contributed by atoms with Gasteiger partial charge in [0, 0.05) is 18.7 Å². The van der Waals surface area contributed by atoms with Crippen molar-refractivity contribution in [1.29, 1.82) is 0 Å². The second-order valence-corrected chi connectivity index (χ2v) is 5.13. The van der Waals surface area contributed by atoms with Gasteiger partial charge in [0.25, 0.3) is 5.91 Å². The average Bonchev–Trinajstić information content (AvgIpc) is 2.95. The Bertz CT molecular complexity index is 713. The fourth-order valence-electron chi connectivity index (χ4n) is 2.54. The van der Waals surface area contributed by atoms with Crippen molar-refractivity contribution in [3.05, 3.63) is 59.9 Å². The highest BCUT2D eigenvalue weighted by Crippen LogP contribution is 2.26. The van der Waals surface area contributed by atoms with Gasteiger partial charge in [-0.3, -0.25) is 9.59 Å². The van der Waals surface area contributed by atoms with E-state index in [1.807, 2.05) is 0 Å². The molecule has 0 atom stereocenters. The van der Waals surface area contributed by atoms with Crippen molar-refractivity contribution < 1.29 is 14.0 Å². The molecule has 1 aliphatic heterocycles. The molecule has 0 bridgehead atoms. The monoisotopic (exact) mass is 298 g/mol.